The third-order valence-corrected chi connectivity index (χ3v) is 0.387. The van der Waals surface area contributed by atoms with Gasteiger partial charge in [-0.15, -0.1) is 12.4 Å². The monoisotopic (exact) mass is 127 g/mol. The molecule has 1 unspecified atom stereocenters. The third kappa shape index (κ3) is 10.7. The molecule has 0 amide bonds. The predicted molar refractivity (Wildman–Crippen MR) is 28.7 cm³/mol. The molecule has 0 aliphatic heterocycles. The van der Waals surface area contributed by atoms with Crippen LogP contribution in [0.3, 0.4) is 0 Å². The molecule has 0 aromatic heterocycles. The van der Waals surface area contributed by atoms with Crippen LogP contribution in [0.15, 0.2) is 0 Å². The minimum atomic E-state index is -0.463. The molecule has 0 fully saturated rings. The summed E-state index contributed by atoms with van der Waals surface area (Å²) in [4.78, 5) is 0. The van der Waals surface area contributed by atoms with Gasteiger partial charge in [-0.1, -0.05) is 0 Å². The maximum absolute atomic E-state index is 8.33. The van der Waals surface area contributed by atoms with Crippen molar-refractivity contribution < 1.29 is 10.3 Å². The summed E-state index contributed by atoms with van der Waals surface area (Å²) >= 11 is 0. The first-order valence-electron chi connectivity index (χ1n) is 1.82. The van der Waals surface area contributed by atoms with E-state index in [2.05, 4.69) is 0 Å². The number of aliphatic hydroxyl groups excluding tert-OH is 1. The van der Waals surface area contributed by atoms with E-state index in [1.54, 1.807) is 6.92 Å². The van der Waals surface area contributed by atoms with Gasteiger partial charge in [0.25, 0.3) is 0 Å². The molecule has 0 saturated carbocycles. The zero-order chi connectivity index (χ0) is 4.99. The van der Waals surface area contributed by atoms with Gasteiger partial charge in [-0.05, 0) is 6.92 Å². The van der Waals surface area contributed by atoms with Gasteiger partial charge in [-0.2, -0.15) is 0 Å². The first kappa shape index (κ1) is 10.2. The lowest BCUT2D eigenvalue weighted by molar-refractivity contribution is 0.102. The highest BCUT2D eigenvalue weighted by Gasteiger charge is 1.87. The molecule has 0 bridgehead atoms. The normalized spacial score (nSPS) is 12.4. The van der Waals surface area contributed by atoms with Gasteiger partial charge in [-0.3, -0.25) is 0 Å². The van der Waals surface area contributed by atoms with Gasteiger partial charge in [0, 0.05) is 6.54 Å². The summed E-state index contributed by atoms with van der Waals surface area (Å²) in [5.74, 6) is 0. The maximum Gasteiger partial charge on any atom is 0.0659 e. The largest absolute Gasteiger partial charge is 0.392 e. The zero-order valence-corrected chi connectivity index (χ0v) is 4.90. The number of hydrogen-bond donors (Lipinski definition) is 3. The van der Waals surface area contributed by atoms with Gasteiger partial charge >= 0.3 is 0 Å². The second-order valence-corrected chi connectivity index (χ2v) is 1.21. The average molecular weight is 128 g/mol. The van der Waals surface area contributed by atoms with Gasteiger partial charge in [0.05, 0.1) is 6.10 Å². The van der Waals surface area contributed by atoms with E-state index in [0.717, 1.165) is 0 Å². The summed E-state index contributed by atoms with van der Waals surface area (Å²) in [5.41, 5.74) is 1.82. The van der Waals surface area contributed by atoms with Crippen molar-refractivity contribution in [1.29, 1.82) is 0 Å². The lowest BCUT2D eigenvalue weighted by atomic mass is 10.4. The van der Waals surface area contributed by atoms with E-state index < -0.39 is 6.10 Å². The molecule has 46 valence electrons. The van der Waals surface area contributed by atoms with E-state index in [9.17, 15) is 0 Å². The molecule has 0 aromatic carbocycles. The Kier molecular flexibility index (Phi) is 9.00. The Morgan fingerprint density at radius 3 is 2.14 bits per heavy atom. The highest BCUT2D eigenvalue weighted by molar-refractivity contribution is 5.85. The van der Waals surface area contributed by atoms with Crippen molar-refractivity contribution in [3.63, 3.8) is 0 Å². The molecule has 4 heteroatoms. The van der Waals surface area contributed by atoms with Gasteiger partial charge < -0.3 is 10.3 Å². The molecule has 0 aliphatic rings. The van der Waals surface area contributed by atoms with Crippen molar-refractivity contribution >= 4 is 12.4 Å². The second kappa shape index (κ2) is 6.17. The van der Waals surface area contributed by atoms with Gasteiger partial charge in [0.15, 0.2) is 0 Å². The van der Waals surface area contributed by atoms with Crippen LogP contribution >= 0.6 is 12.4 Å². The fraction of sp³-hybridized carbons (Fsp3) is 1.00. The van der Waals surface area contributed by atoms with Crippen LogP contribution in [0.4, 0.5) is 0 Å². The Morgan fingerprint density at radius 1 is 1.71 bits per heavy atom. The molecular formula is C3H10ClNO2. The van der Waals surface area contributed by atoms with E-state index in [1.807, 2.05) is 5.48 Å². The van der Waals surface area contributed by atoms with E-state index in [1.165, 1.54) is 0 Å². The average Bonchev–Trinajstić information content (AvgIpc) is 1.35. The molecule has 0 aromatic rings. The Balaban J connectivity index is 0. The van der Waals surface area contributed by atoms with Crippen LogP contribution in [-0.4, -0.2) is 23.0 Å². The van der Waals surface area contributed by atoms with Crippen LogP contribution in [0.2, 0.25) is 0 Å². The van der Waals surface area contributed by atoms with Crippen molar-refractivity contribution in [3.05, 3.63) is 0 Å². The summed E-state index contributed by atoms with van der Waals surface area (Å²) in [5, 5.41) is 16.2. The number of halogens is 1. The third-order valence-electron chi connectivity index (χ3n) is 0.387. The van der Waals surface area contributed by atoms with Gasteiger partial charge in [0.1, 0.15) is 0 Å². The van der Waals surface area contributed by atoms with Crippen molar-refractivity contribution in [2.45, 2.75) is 13.0 Å². The summed E-state index contributed by atoms with van der Waals surface area (Å²) in [6.07, 6.45) is -0.463. The summed E-state index contributed by atoms with van der Waals surface area (Å²) in [6.45, 7) is 1.82. The summed E-state index contributed by atoms with van der Waals surface area (Å²) in [6, 6.07) is 0. The molecule has 3 nitrogen and oxygen atoms in total. The summed E-state index contributed by atoms with van der Waals surface area (Å²) in [7, 11) is 0. The molecule has 0 heterocycles. The molecule has 0 spiro atoms. The topological polar surface area (TPSA) is 52.5 Å². The number of hydrogen-bond acceptors (Lipinski definition) is 3. The highest BCUT2D eigenvalue weighted by atomic mass is 35.5. The molecule has 3 N–H and O–H groups in total. The Morgan fingerprint density at radius 2 is 2.14 bits per heavy atom. The highest BCUT2D eigenvalue weighted by Crippen LogP contribution is 1.69. The van der Waals surface area contributed by atoms with Gasteiger partial charge in [-0.25, -0.2) is 5.48 Å². The number of nitrogens with one attached hydrogen (secondary N) is 1. The van der Waals surface area contributed by atoms with Crippen molar-refractivity contribution in [2.75, 3.05) is 6.54 Å². The molecule has 0 rings (SSSR count). The Hall–Kier alpha value is 0.170. The van der Waals surface area contributed by atoms with Crippen molar-refractivity contribution in [1.82, 2.24) is 5.48 Å². The Labute approximate surface area is 48.7 Å². The van der Waals surface area contributed by atoms with Crippen molar-refractivity contribution in [3.8, 4) is 0 Å². The lowest BCUT2D eigenvalue weighted by Crippen LogP contribution is -2.20. The van der Waals surface area contributed by atoms with Crippen LogP contribution in [0.5, 0.6) is 0 Å². The molecule has 0 radical (unpaired) electrons. The smallest absolute Gasteiger partial charge is 0.0659 e. The number of rotatable bonds is 2. The van der Waals surface area contributed by atoms with E-state index in [-0.39, 0.29) is 19.0 Å². The second-order valence-electron chi connectivity index (χ2n) is 1.21. The molecule has 1 atom stereocenters. The molecule has 0 saturated heterocycles. The predicted octanol–water partition coefficient (Wildman–Crippen LogP) is -0.232. The SMILES string of the molecule is CC(O)CNO.Cl. The standard InChI is InChI=1S/C3H9NO2.ClH/c1-3(5)2-4-6;/h3-6H,2H2,1H3;1H. The Bertz CT molecular complexity index is 34.1. The first-order chi connectivity index (χ1) is 2.77. The van der Waals surface area contributed by atoms with Crippen LogP contribution in [0, 0.1) is 0 Å². The molecular weight excluding hydrogens is 117 g/mol. The van der Waals surface area contributed by atoms with Crippen LogP contribution in [0.1, 0.15) is 6.92 Å². The van der Waals surface area contributed by atoms with Crippen LogP contribution in [0.25, 0.3) is 0 Å². The van der Waals surface area contributed by atoms with E-state index in [0.29, 0.717) is 0 Å². The van der Waals surface area contributed by atoms with Crippen molar-refractivity contribution in [2.24, 2.45) is 0 Å². The van der Waals surface area contributed by atoms with E-state index in [4.69, 9.17) is 10.3 Å². The number of hydroxylamine groups is 1. The fourth-order valence-electron chi connectivity index (χ4n) is 0.132. The maximum atomic E-state index is 8.33. The zero-order valence-electron chi connectivity index (χ0n) is 4.09. The summed E-state index contributed by atoms with van der Waals surface area (Å²) < 4.78 is 0. The molecule has 0 aliphatic carbocycles. The van der Waals surface area contributed by atoms with Crippen LogP contribution < -0.4 is 5.48 Å². The number of aliphatic hydroxyl groups is 1. The quantitative estimate of drug-likeness (QED) is 0.449. The fourth-order valence-corrected chi connectivity index (χ4v) is 0.132. The molecule has 7 heavy (non-hydrogen) atoms. The van der Waals surface area contributed by atoms with Gasteiger partial charge in [0.2, 0.25) is 0 Å². The van der Waals surface area contributed by atoms with Crippen LogP contribution in [-0.2, 0) is 0 Å². The lowest BCUT2D eigenvalue weighted by Gasteiger charge is -1.96. The minimum Gasteiger partial charge on any atom is -0.392 e. The van der Waals surface area contributed by atoms with E-state index >= 15 is 0 Å². The first-order valence-corrected chi connectivity index (χ1v) is 1.82. The minimum absolute atomic E-state index is 0.